The summed E-state index contributed by atoms with van der Waals surface area (Å²) >= 11 is 0. The first-order valence-corrected chi connectivity index (χ1v) is 7.73. The van der Waals surface area contributed by atoms with Crippen LogP contribution in [0.3, 0.4) is 0 Å². The second kappa shape index (κ2) is 7.77. The van der Waals surface area contributed by atoms with E-state index < -0.39 is 18.6 Å². The second-order valence-electron chi connectivity index (χ2n) is 5.32. The van der Waals surface area contributed by atoms with E-state index in [1.54, 1.807) is 24.3 Å². The Bertz CT molecular complexity index is 953. The van der Waals surface area contributed by atoms with Crippen molar-refractivity contribution in [1.29, 1.82) is 0 Å². The van der Waals surface area contributed by atoms with Crippen LogP contribution in [-0.4, -0.2) is 31.6 Å². The van der Waals surface area contributed by atoms with E-state index >= 15 is 0 Å². The maximum atomic E-state index is 12.3. The number of carbonyl (C=O) groups excluding carboxylic acids is 2. The molecule has 0 radical (unpaired) electrons. The number of methoxy groups -OCH3 is 1. The number of aliphatic imine (C=N–C) groups is 1. The summed E-state index contributed by atoms with van der Waals surface area (Å²) < 4.78 is 38.8. The molecule has 6 nitrogen and oxygen atoms in total. The molecule has 0 fully saturated rings. The summed E-state index contributed by atoms with van der Waals surface area (Å²) in [7, 11) is 1.25. The van der Waals surface area contributed by atoms with Gasteiger partial charge in [0.15, 0.2) is 5.70 Å². The maximum Gasteiger partial charge on any atom is 0.387 e. The summed E-state index contributed by atoms with van der Waals surface area (Å²) in [6, 6.07) is 12.2. The number of carbonyl (C=O) groups is 2. The molecular formula is C19H13F2NO5. The predicted octanol–water partition coefficient (Wildman–Crippen LogP) is 3.42. The Hall–Kier alpha value is -3.55. The van der Waals surface area contributed by atoms with E-state index in [0.717, 1.165) is 0 Å². The average molecular weight is 373 g/mol. The molecule has 0 saturated heterocycles. The number of alkyl halides is 2. The van der Waals surface area contributed by atoms with E-state index in [1.165, 1.54) is 37.5 Å². The van der Waals surface area contributed by atoms with Crippen LogP contribution < -0.4 is 4.74 Å². The van der Waals surface area contributed by atoms with Crippen LogP contribution in [0.15, 0.2) is 59.2 Å². The van der Waals surface area contributed by atoms with Crippen molar-refractivity contribution < 1.29 is 32.6 Å². The van der Waals surface area contributed by atoms with Crippen LogP contribution in [0, 0.1) is 0 Å². The first kappa shape index (κ1) is 18.2. The third-order valence-electron chi connectivity index (χ3n) is 3.58. The Labute approximate surface area is 152 Å². The lowest BCUT2D eigenvalue weighted by Crippen LogP contribution is -2.07. The molecule has 8 heteroatoms. The molecule has 3 rings (SSSR count). The van der Waals surface area contributed by atoms with Crippen molar-refractivity contribution >= 4 is 23.9 Å². The minimum Gasteiger partial charge on any atom is -0.465 e. The molecule has 2 aromatic carbocycles. The number of nitrogens with zero attached hydrogens (tertiary/aromatic N) is 1. The number of cyclic esters (lactones) is 1. The quantitative estimate of drug-likeness (QED) is 0.593. The number of benzene rings is 2. The fourth-order valence-corrected chi connectivity index (χ4v) is 2.40. The molecular weight excluding hydrogens is 360 g/mol. The topological polar surface area (TPSA) is 74.2 Å². The van der Waals surface area contributed by atoms with Gasteiger partial charge in [-0.3, -0.25) is 0 Å². The number of rotatable bonds is 5. The van der Waals surface area contributed by atoms with Gasteiger partial charge in [0.2, 0.25) is 5.90 Å². The van der Waals surface area contributed by atoms with E-state index in [-0.39, 0.29) is 22.9 Å². The third-order valence-corrected chi connectivity index (χ3v) is 3.58. The van der Waals surface area contributed by atoms with E-state index in [9.17, 15) is 18.4 Å². The van der Waals surface area contributed by atoms with E-state index in [2.05, 4.69) is 9.73 Å². The number of hydrogen-bond acceptors (Lipinski definition) is 6. The van der Waals surface area contributed by atoms with Gasteiger partial charge in [0, 0.05) is 5.56 Å². The van der Waals surface area contributed by atoms with E-state index in [0.29, 0.717) is 11.1 Å². The molecule has 0 N–H and O–H groups in total. The highest BCUT2D eigenvalue weighted by Gasteiger charge is 2.25. The van der Waals surface area contributed by atoms with Crippen LogP contribution in [0.4, 0.5) is 8.78 Å². The summed E-state index contributed by atoms with van der Waals surface area (Å²) in [6.07, 6.45) is 1.39. The molecule has 0 spiro atoms. The SMILES string of the molecule is COC(=O)c1ccccc1/C=C1\N=C(c2cccc(OC(F)F)c2)OC1=O. The van der Waals surface area contributed by atoms with Crippen LogP contribution in [0.2, 0.25) is 0 Å². The lowest BCUT2D eigenvalue weighted by molar-refractivity contribution is -0.129. The molecule has 138 valence electrons. The van der Waals surface area contributed by atoms with E-state index in [1.807, 2.05) is 0 Å². The zero-order valence-corrected chi connectivity index (χ0v) is 14.0. The molecule has 2 aromatic rings. The van der Waals surface area contributed by atoms with E-state index in [4.69, 9.17) is 9.47 Å². The summed E-state index contributed by atoms with van der Waals surface area (Å²) in [6.45, 7) is -2.97. The normalized spacial score (nSPS) is 14.9. The van der Waals surface area contributed by atoms with Gasteiger partial charge in [-0.05, 0) is 35.9 Å². The zero-order valence-electron chi connectivity index (χ0n) is 14.0. The number of ether oxygens (including phenoxy) is 3. The summed E-state index contributed by atoms with van der Waals surface area (Å²) in [4.78, 5) is 28.0. The lowest BCUT2D eigenvalue weighted by atomic mass is 10.1. The zero-order chi connectivity index (χ0) is 19.4. The van der Waals surface area contributed by atoms with Crippen molar-refractivity contribution in [1.82, 2.24) is 0 Å². The Balaban J connectivity index is 1.94. The highest BCUT2D eigenvalue weighted by Crippen LogP contribution is 2.23. The van der Waals surface area contributed by atoms with Crippen molar-refractivity contribution in [3.8, 4) is 5.75 Å². The fraction of sp³-hybridized carbons (Fsp3) is 0.105. The Kier molecular flexibility index (Phi) is 5.25. The summed E-state index contributed by atoms with van der Waals surface area (Å²) in [5, 5.41) is 0. The van der Waals surface area contributed by atoms with Gasteiger partial charge in [0.25, 0.3) is 0 Å². The Morgan fingerprint density at radius 1 is 1.19 bits per heavy atom. The van der Waals surface area contributed by atoms with Crippen molar-refractivity contribution in [2.45, 2.75) is 6.61 Å². The molecule has 1 heterocycles. The highest BCUT2D eigenvalue weighted by atomic mass is 19.3. The van der Waals surface area contributed by atoms with Gasteiger partial charge in [-0.2, -0.15) is 8.78 Å². The van der Waals surface area contributed by atoms with Crippen LogP contribution in [0.5, 0.6) is 5.75 Å². The van der Waals surface area contributed by atoms with Crippen LogP contribution in [0.25, 0.3) is 6.08 Å². The van der Waals surface area contributed by atoms with Crippen LogP contribution in [0.1, 0.15) is 21.5 Å². The maximum absolute atomic E-state index is 12.3. The molecule has 1 aliphatic heterocycles. The number of halogens is 2. The minimum atomic E-state index is -2.97. The first-order valence-electron chi connectivity index (χ1n) is 7.73. The molecule has 1 aliphatic rings. The molecule has 0 aromatic heterocycles. The largest absolute Gasteiger partial charge is 0.465 e. The molecule has 27 heavy (non-hydrogen) atoms. The number of hydrogen-bond donors (Lipinski definition) is 0. The summed E-state index contributed by atoms with van der Waals surface area (Å²) in [5.74, 6) is -1.43. The fourth-order valence-electron chi connectivity index (χ4n) is 2.40. The van der Waals surface area contributed by atoms with Gasteiger partial charge < -0.3 is 14.2 Å². The smallest absolute Gasteiger partial charge is 0.387 e. The van der Waals surface area contributed by atoms with Gasteiger partial charge in [-0.25, -0.2) is 14.6 Å². The number of esters is 2. The van der Waals surface area contributed by atoms with Gasteiger partial charge in [0.1, 0.15) is 5.75 Å². The molecule has 0 saturated carbocycles. The standard InChI is InChI=1S/C19H13F2NO5/c1-25-17(23)14-8-3-2-5-11(14)10-15-18(24)27-16(22-15)12-6-4-7-13(9-12)26-19(20)21/h2-10,19H,1H3/b15-10-. The van der Waals surface area contributed by atoms with Crippen molar-refractivity contribution in [2.75, 3.05) is 7.11 Å². The molecule has 0 unspecified atom stereocenters. The highest BCUT2D eigenvalue weighted by molar-refractivity contribution is 6.13. The Morgan fingerprint density at radius 3 is 2.70 bits per heavy atom. The van der Waals surface area contributed by atoms with Gasteiger partial charge >= 0.3 is 18.6 Å². The molecule has 0 aliphatic carbocycles. The van der Waals surface area contributed by atoms with Gasteiger partial charge in [-0.15, -0.1) is 0 Å². The molecule has 0 atom stereocenters. The van der Waals surface area contributed by atoms with Crippen molar-refractivity contribution in [3.05, 3.63) is 70.9 Å². The van der Waals surface area contributed by atoms with Crippen LogP contribution >= 0.6 is 0 Å². The average Bonchev–Trinajstić information content (AvgIpc) is 3.02. The molecule has 0 bridgehead atoms. The van der Waals surface area contributed by atoms with Crippen molar-refractivity contribution in [3.63, 3.8) is 0 Å². The predicted molar refractivity (Wildman–Crippen MR) is 91.5 cm³/mol. The minimum absolute atomic E-state index is 0.0402. The van der Waals surface area contributed by atoms with Gasteiger partial charge in [0.05, 0.1) is 12.7 Å². The first-order chi connectivity index (χ1) is 13.0. The second-order valence-corrected chi connectivity index (χ2v) is 5.32. The van der Waals surface area contributed by atoms with Crippen molar-refractivity contribution in [2.24, 2.45) is 4.99 Å². The summed E-state index contributed by atoms with van der Waals surface area (Å²) in [5.41, 5.74) is 0.944. The van der Waals surface area contributed by atoms with Crippen LogP contribution in [-0.2, 0) is 14.3 Å². The monoisotopic (exact) mass is 373 g/mol. The van der Waals surface area contributed by atoms with Gasteiger partial charge in [-0.1, -0.05) is 24.3 Å². The Morgan fingerprint density at radius 2 is 1.96 bits per heavy atom. The molecule has 0 amide bonds. The lowest BCUT2D eigenvalue weighted by Gasteiger charge is -2.05. The third kappa shape index (κ3) is 4.17.